The number of rotatable bonds is 11. The molecule has 0 unspecified atom stereocenters. The number of amides is 4. The minimum Gasteiger partial charge on any atom is -0.478 e. The Morgan fingerprint density at radius 3 is 2.19 bits per heavy atom. The molecule has 0 saturated heterocycles. The van der Waals surface area contributed by atoms with Crippen molar-refractivity contribution in [1.29, 1.82) is 0 Å². The fourth-order valence-electron chi connectivity index (χ4n) is 4.05. The van der Waals surface area contributed by atoms with Crippen molar-refractivity contribution in [2.75, 3.05) is 17.7 Å². The summed E-state index contributed by atoms with van der Waals surface area (Å²) < 4.78 is 5.43. The fraction of sp³-hybridized carbons (Fsp3) is 0.233. The van der Waals surface area contributed by atoms with Crippen LogP contribution in [0, 0.1) is 0 Å². The first-order valence-corrected chi connectivity index (χ1v) is 13.7. The zero-order valence-electron chi connectivity index (χ0n) is 23.7. The summed E-state index contributed by atoms with van der Waals surface area (Å²) in [4.78, 5) is 63.2. The average molecular weight is 629 g/mol. The molecule has 0 saturated carbocycles. The van der Waals surface area contributed by atoms with Gasteiger partial charge in [0.1, 0.15) is 0 Å². The van der Waals surface area contributed by atoms with Gasteiger partial charge in [-0.05, 0) is 68.3 Å². The van der Waals surface area contributed by atoms with Gasteiger partial charge in [-0.15, -0.1) is 0 Å². The van der Waals surface area contributed by atoms with Gasteiger partial charge in [0.15, 0.2) is 5.54 Å². The highest BCUT2D eigenvalue weighted by Crippen LogP contribution is 2.29. The first kappa shape index (κ1) is 32.9. The number of carbonyl (C=O) groups is 5. The smallest absolute Gasteiger partial charge is 0.337 e. The van der Waals surface area contributed by atoms with Crippen molar-refractivity contribution in [3.05, 3.63) is 93.0 Å². The molecule has 0 aliphatic carbocycles. The fourth-order valence-corrected chi connectivity index (χ4v) is 4.62. The van der Waals surface area contributed by atoms with Crippen molar-refractivity contribution in [2.24, 2.45) is 0 Å². The van der Waals surface area contributed by atoms with E-state index in [4.69, 9.17) is 27.9 Å². The Bertz CT molecular complexity index is 1530. The maximum Gasteiger partial charge on any atom is 0.337 e. The number of carboxylic acid groups (broad SMARTS) is 1. The molecule has 0 aliphatic rings. The Balaban J connectivity index is 1.82. The Morgan fingerprint density at radius 1 is 1.00 bits per heavy atom. The number of nitrogens with one attached hydrogen (secondary N) is 3. The molecule has 11 nitrogen and oxygen atoms in total. The summed E-state index contributed by atoms with van der Waals surface area (Å²) in [5.74, 6) is -2.69. The zero-order chi connectivity index (χ0) is 31.9. The highest BCUT2D eigenvalue weighted by Gasteiger charge is 2.40. The molecule has 0 bridgehead atoms. The van der Waals surface area contributed by atoms with E-state index in [9.17, 15) is 29.1 Å². The number of nitrogens with zero attached hydrogens (tertiary/aromatic N) is 1. The van der Waals surface area contributed by atoms with Crippen molar-refractivity contribution in [1.82, 2.24) is 10.2 Å². The van der Waals surface area contributed by atoms with Gasteiger partial charge < -0.3 is 30.7 Å². The molecule has 43 heavy (non-hydrogen) atoms. The van der Waals surface area contributed by atoms with E-state index in [2.05, 4.69) is 16.0 Å². The van der Waals surface area contributed by atoms with Gasteiger partial charge in [-0.25, -0.2) is 14.4 Å². The number of carboxylic acids is 1. The third kappa shape index (κ3) is 8.24. The monoisotopic (exact) mass is 628 g/mol. The Kier molecular flexibility index (Phi) is 10.7. The van der Waals surface area contributed by atoms with Crippen LogP contribution >= 0.6 is 23.2 Å². The summed E-state index contributed by atoms with van der Waals surface area (Å²) in [5, 5.41) is 17.6. The van der Waals surface area contributed by atoms with Gasteiger partial charge in [0.25, 0.3) is 5.91 Å². The number of esters is 1. The maximum atomic E-state index is 13.2. The highest BCUT2D eigenvalue weighted by atomic mass is 35.5. The summed E-state index contributed by atoms with van der Waals surface area (Å²) in [5.41, 5.74) is -0.571. The molecule has 0 fully saturated rings. The minimum absolute atomic E-state index is 0.00566. The predicted octanol–water partition coefficient (Wildman–Crippen LogP) is 5.52. The molecule has 226 valence electrons. The van der Waals surface area contributed by atoms with E-state index in [1.807, 2.05) is 0 Å². The van der Waals surface area contributed by atoms with E-state index in [-0.39, 0.29) is 33.4 Å². The largest absolute Gasteiger partial charge is 0.478 e. The molecule has 0 heterocycles. The second-order valence-electron chi connectivity index (χ2n) is 9.99. The molecule has 0 aliphatic heterocycles. The van der Waals surface area contributed by atoms with E-state index in [0.717, 1.165) is 0 Å². The third-order valence-electron chi connectivity index (χ3n) is 6.20. The van der Waals surface area contributed by atoms with Gasteiger partial charge in [-0.3, -0.25) is 9.59 Å². The van der Waals surface area contributed by atoms with Crippen LogP contribution in [0.15, 0.2) is 60.7 Å². The summed E-state index contributed by atoms with van der Waals surface area (Å²) in [6, 6.07) is 14.3. The molecule has 13 heteroatoms. The molecular weight excluding hydrogens is 599 g/mol. The topological polar surface area (TPSA) is 154 Å². The Labute approximate surface area is 258 Å². The van der Waals surface area contributed by atoms with Crippen LogP contribution in [0.2, 0.25) is 10.0 Å². The van der Waals surface area contributed by atoms with Crippen molar-refractivity contribution < 1.29 is 33.8 Å². The summed E-state index contributed by atoms with van der Waals surface area (Å²) >= 11 is 12.4. The molecule has 4 amide bonds. The molecule has 1 atom stereocenters. The van der Waals surface area contributed by atoms with Crippen LogP contribution in [0.4, 0.5) is 16.2 Å². The quantitative estimate of drug-likeness (QED) is 0.161. The number of hydrogen-bond donors (Lipinski definition) is 4. The van der Waals surface area contributed by atoms with Crippen molar-refractivity contribution in [3.63, 3.8) is 0 Å². The maximum absolute atomic E-state index is 13.2. The third-order valence-corrected chi connectivity index (χ3v) is 6.83. The second-order valence-corrected chi connectivity index (χ2v) is 10.8. The van der Waals surface area contributed by atoms with Gasteiger partial charge in [-0.2, -0.15) is 0 Å². The molecular formula is C30H30Cl2N4O7. The van der Waals surface area contributed by atoms with E-state index in [1.54, 1.807) is 33.0 Å². The predicted molar refractivity (Wildman–Crippen MR) is 163 cm³/mol. The van der Waals surface area contributed by atoms with Crippen molar-refractivity contribution in [3.8, 4) is 0 Å². The van der Waals surface area contributed by atoms with E-state index in [0.29, 0.717) is 23.2 Å². The van der Waals surface area contributed by atoms with Crippen LogP contribution < -0.4 is 16.0 Å². The second kappa shape index (κ2) is 14.0. The number of benzene rings is 3. The summed E-state index contributed by atoms with van der Waals surface area (Å²) in [6.45, 7) is 5.00. The van der Waals surface area contributed by atoms with Gasteiger partial charge in [-0.1, -0.05) is 47.5 Å². The number of urea groups is 1. The van der Waals surface area contributed by atoms with Gasteiger partial charge in [0.05, 0.1) is 33.0 Å². The molecule has 4 N–H and O–H groups in total. The highest BCUT2D eigenvalue weighted by molar-refractivity contribution is 6.39. The number of hydrogen-bond acceptors (Lipinski definition) is 6. The van der Waals surface area contributed by atoms with E-state index < -0.39 is 35.5 Å². The molecule has 0 spiro atoms. The lowest BCUT2D eigenvalue weighted by Crippen LogP contribution is -2.51. The summed E-state index contributed by atoms with van der Waals surface area (Å²) in [6.07, 6.45) is 0.136. The Morgan fingerprint density at radius 2 is 1.63 bits per heavy atom. The lowest BCUT2D eigenvalue weighted by atomic mass is 9.91. The Hall–Kier alpha value is -4.61. The van der Waals surface area contributed by atoms with E-state index >= 15 is 0 Å². The average Bonchev–Trinajstić information content (AvgIpc) is 2.93. The summed E-state index contributed by atoms with van der Waals surface area (Å²) in [7, 11) is 1.55. The van der Waals surface area contributed by atoms with E-state index in [1.165, 1.54) is 60.4 Å². The molecule has 0 radical (unpaired) electrons. The van der Waals surface area contributed by atoms with Crippen LogP contribution in [0.3, 0.4) is 0 Å². The number of aromatic carboxylic acids is 1. The van der Waals surface area contributed by atoms with Gasteiger partial charge in [0, 0.05) is 19.3 Å². The molecule has 0 aromatic heterocycles. The zero-order valence-corrected chi connectivity index (χ0v) is 25.2. The van der Waals surface area contributed by atoms with Gasteiger partial charge in [0.2, 0.25) is 6.41 Å². The molecule has 3 rings (SSSR count). The number of ether oxygens (including phenoxy) is 1. The standard InChI is InChI=1S/C30H30Cl2N4O7/c1-17(2)43-28(41)30(3,35-26(38)25-22(31)6-5-7-23(25)32)19-9-11-20(12-10-19)33-29(42)34-24-13-8-18(15-36(4)16-37)14-21(24)27(39)40/h5-14,16-17H,15H2,1-4H3,(H,35,38)(H,39,40)(H2,33,34,42)/t30-/m0/s1. The van der Waals surface area contributed by atoms with Crippen molar-refractivity contribution in [2.45, 2.75) is 39.0 Å². The van der Waals surface area contributed by atoms with Crippen LogP contribution in [0.1, 0.15) is 52.6 Å². The lowest BCUT2D eigenvalue weighted by Gasteiger charge is -2.30. The number of halogens is 2. The minimum atomic E-state index is -1.67. The first-order chi connectivity index (χ1) is 20.2. The van der Waals surface area contributed by atoms with Crippen molar-refractivity contribution >= 4 is 64.9 Å². The number of anilines is 2. The normalized spacial score (nSPS) is 12.1. The van der Waals surface area contributed by atoms with Crippen LogP contribution in [-0.4, -0.2) is 53.4 Å². The van der Waals surface area contributed by atoms with Crippen LogP contribution in [0.25, 0.3) is 0 Å². The molecule has 3 aromatic rings. The first-order valence-electron chi connectivity index (χ1n) is 12.9. The van der Waals surface area contributed by atoms with Gasteiger partial charge >= 0.3 is 18.0 Å². The number of carbonyl (C=O) groups excluding carboxylic acids is 4. The molecule has 3 aromatic carbocycles. The van der Waals surface area contributed by atoms with Crippen LogP contribution in [0.5, 0.6) is 0 Å². The lowest BCUT2D eigenvalue weighted by molar-refractivity contribution is -0.155. The SMILES string of the molecule is CC(C)OC(=O)[C@@](C)(NC(=O)c1c(Cl)cccc1Cl)c1ccc(NC(=O)Nc2ccc(CN(C)C=O)cc2C(=O)O)cc1. The van der Waals surface area contributed by atoms with Crippen LogP contribution in [-0.2, 0) is 26.4 Å².